The number of hydrogen-bond acceptors (Lipinski definition) is 3. The third-order valence-corrected chi connectivity index (χ3v) is 3.86. The van der Waals surface area contributed by atoms with Crippen molar-refractivity contribution in [2.75, 3.05) is 13.1 Å². The monoisotopic (exact) mass is 243 g/mol. The molecule has 0 spiro atoms. The molecule has 0 aromatic rings. The highest BCUT2D eigenvalue weighted by atomic mass is 16.4. The highest BCUT2D eigenvalue weighted by Crippen LogP contribution is 2.39. The summed E-state index contributed by atoms with van der Waals surface area (Å²) in [6, 6.07) is 0. The Morgan fingerprint density at radius 2 is 1.82 bits per heavy atom. The summed E-state index contributed by atoms with van der Waals surface area (Å²) < 4.78 is 0. The molecule has 0 aromatic heterocycles. The third-order valence-electron chi connectivity index (χ3n) is 3.86. The molecule has 100 valence electrons. The average molecular weight is 243 g/mol. The van der Waals surface area contributed by atoms with Gasteiger partial charge in [-0.3, -0.25) is 4.79 Å². The van der Waals surface area contributed by atoms with Gasteiger partial charge in [-0.1, -0.05) is 20.8 Å². The van der Waals surface area contributed by atoms with Gasteiger partial charge in [0.2, 0.25) is 0 Å². The average Bonchev–Trinajstić information content (AvgIpc) is 2.23. The smallest absolute Gasteiger partial charge is 0.307 e. The van der Waals surface area contributed by atoms with Crippen molar-refractivity contribution in [3.8, 4) is 0 Å². The maximum absolute atomic E-state index is 10.6. The zero-order valence-electron chi connectivity index (χ0n) is 11.1. The van der Waals surface area contributed by atoms with Gasteiger partial charge < -0.3 is 15.5 Å². The second-order valence-electron chi connectivity index (χ2n) is 6.26. The lowest BCUT2D eigenvalue weighted by atomic mass is 9.71. The lowest BCUT2D eigenvalue weighted by Gasteiger charge is -2.40. The van der Waals surface area contributed by atoms with Gasteiger partial charge in [0, 0.05) is 13.1 Å². The van der Waals surface area contributed by atoms with E-state index < -0.39 is 17.5 Å². The van der Waals surface area contributed by atoms with Crippen LogP contribution in [0.2, 0.25) is 0 Å². The minimum Gasteiger partial charge on any atom is -0.481 e. The highest BCUT2D eigenvalue weighted by molar-refractivity contribution is 5.69. The van der Waals surface area contributed by atoms with Crippen molar-refractivity contribution in [1.82, 2.24) is 5.32 Å². The van der Waals surface area contributed by atoms with Crippen LogP contribution < -0.4 is 5.32 Å². The number of aliphatic carboxylic acids is 1. The van der Waals surface area contributed by atoms with Gasteiger partial charge in [0.15, 0.2) is 0 Å². The summed E-state index contributed by atoms with van der Waals surface area (Å²) in [5, 5.41) is 22.2. The van der Waals surface area contributed by atoms with Gasteiger partial charge in [-0.05, 0) is 31.1 Å². The first-order valence-electron chi connectivity index (χ1n) is 6.40. The fraction of sp³-hybridized carbons (Fsp3) is 0.923. The second-order valence-corrected chi connectivity index (χ2v) is 6.26. The molecule has 0 radical (unpaired) electrons. The summed E-state index contributed by atoms with van der Waals surface area (Å²) >= 11 is 0. The summed E-state index contributed by atoms with van der Waals surface area (Å²) in [5.41, 5.74) is -0.311. The van der Waals surface area contributed by atoms with Crippen molar-refractivity contribution in [2.24, 2.45) is 11.3 Å². The second kappa shape index (κ2) is 5.36. The number of aliphatic hydroxyl groups is 1. The number of nitrogens with one attached hydrogen (secondary N) is 1. The molecular weight excluding hydrogens is 218 g/mol. The van der Waals surface area contributed by atoms with Crippen molar-refractivity contribution in [1.29, 1.82) is 0 Å². The molecule has 1 fully saturated rings. The zero-order chi connectivity index (χ0) is 13.1. The van der Waals surface area contributed by atoms with Crippen LogP contribution in [0.15, 0.2) is 0 Å². The van der Waals surface area contributed by atoms with E-state index in [9.17, 15) is 9.90 Å². The number of carboxylic acid groups (broad SMARTS) is 1. The van der Waals surface area contributed by atoms with E-state index >= 15 is 0 Å². The van der Waals surface area contributed by atoms with Gasteiger partial charge in [0.05, 0.1) is 11.5 Å². The highest BCUT2D eigenvalue weighted by Gasteiger charge is 2.36. The molecule has 0 amide bonds. The zero-order valence-corrected chi connectivity index (χ0v) is 11.1. The number of rotatable bonds is 5. The Morgan fingerprint density at radius 1 is 1.29 bits per heavy atom. The molecule has 1 aliphatic carbocycles. The molecular formula is C13H25NO3. The van der Waals surface area contributed by atoms with Crippen molar-refractivity contribution >= 4 is 5.97 Å². The van der Waals surface area contributed by atoms with E-state index in [0.29, 0.717) is 18.5 Å². The summed E-state index contributed by atoms with van der Waals surface area (Å²) in [4.78, 5) is 10.6. The van der Waals surface area contributed by atoms with Gasteiger partial charge in [-0.2, -0.15) is 0 Å². The van der Waals surface area contributed by atoms with E-state index in [-0.39, 0.29) is 0 Å². The maximum atomic E-state index is 10.6. The Labute approximate surface area is 103 Å². The Hall–Kier alpha value is -0.610. The van der Waals surface area contributed by atoms with Crippen LogP contribution in [0.3, 0.4) is 0 Å². The van der Waals surface area contributed by atoms with Crippen LogP contribution in [0.5, 0.6) is 0 Å². The molecule has 0 aromatic carbocycles. The Morgan fingerprint density at radius 3 is 2.29 bits per heavy atom. The minimum absolute atomic E-state index is 0.334. The van der Waals surface area contributed by atoms with E-state index in [0.717, 1.165) is 25.7 Å². The van der Waals surface area contributed by atoms with Crippen molar-refractivity contribution in [3.63, 3.8) is 0 Å². The van der Waals surface area contributed by atoms with E-state index in [4.69, 9.17) is 5.11 Å². The lowest BCUT2D eigenvalue weighted by Crippen LogP contribution is -2.46. The molecule has 0 aliphatic heterocycles. The predicted molar refractivity (Wildman–Crippen MR) is 66.9 cm³/mol. The van der Waals surface area contributed by atoms with Gasteiger partial charge in [0.1, 0.15) is 0 Å². The first-order valence-corrected chi connectivity index (χ1v) is 6.40. The molecule has 4 nitrogen and oxygen atoms in total. The SMILES string of the molecule is CC(CNCC1(O)CCC(C)(C)CC1)C(=O)O. The van der Waals surface area contributed by atoms with Gasteiger partial charge in [-0.15, -0.1) is 0 Å². The Bertz CT molecular complexity index is 266. The van der Waals surface area contributed by atoms with Crippen LogP contribution in [0, 0.1) is 11.3 Å². The normalized spacial score (nSPS) is 24.2. The molecule has 0 bridgehead atoms. The van der Waals surface area contributed by atoms with Crippen molar-refractivity contribution in [3.05, 3.63) is 0 Å². The lowest BCUT2D eigenvalue weighted by molar-refractivity contribution is -0.141. The van der Waals surface area contributed by atoms with E-state index in [2.05, 4.69) is 19.2 Å². The molecule has 1 unspecified atom stereocenters. The van der Waals surface area contributed by atoms with Crippen LogP contribution in [-0.4, -0.2) is 34.9 Å². The van der Waals surface area contributed by atoms with Gasteiger partial charge in [0.25, 0.3) is 0 Å². The van der Waals surface area contributed by atoms with Crippen LogP contribution >= 0.6 is 0 Å². The van der Waals surface area contributed by atoms with Crippen LogP contribution in [-0.2, 0) is 4.79 Å². The summed E-state index contributed by atoms with van der Waals surface area (Å²) in [5.74, 6) is -1.20. The predicted octanol–water partition coefficient (Wildman–Crippen LogP) is 1.63. The fourth-order valence-electron chi connectivity index (χ4n) is 2.18. The molecule has 0 saturated heterocycles. The molecule has 0 heterocycles. The molecule has 1 rings (SSSR count). The van der Waals surface area contributed by atoms with Gasteiger partial charge in [-0.25, -0.2) is 0 Å². The molecule has 4 heteroatoms. The standard InChI is InChI=1S/C13H25NO3/c1-10(11(15)16)8-14-9-13(17)6-4-12(2,3)5-7-13/h10,14,17H,4-9H2,1-3H3,(H,15,16). The Balaban J connectivity index is 2.30. The molecule has 1 saturated carbocycles. The topological polar surface area (TPSA) is 69.6 Å². The summed E-state index contributed by atoms with van der Waals surface area (Å²) in [7, 11) is 0. The largest absolute Gasteiger partial charge is 0.481 e. The fourth-order valence-corrected chi connectivity index (χ4v) is 2.18. The maximum Gasteiger partial charge on any atom is 0.307 e. The molecule has 1 atom stereocenters. The molecule has 1 aliphatic rings. The summed E-state index contributed by atoms with van der Waals surface area (Å²) in [6.07, 6.45) is 3.65. The van der Waals surface area contributed by atoms with E-state index in [1.807, 2.05) is 0 Å². The van der Waals surface area contributed by atoms with Crippen LogP contribution in [0.25, 0.3) is 0 Å². The van der Waals surface area contributed by atoms with E-state index in [1.54, 1.807) is 6.92 Å². The number of carbonyl (C=O) groups is 1. The van der Waals surface area contributed by atoms with Crippen LogP contribution in [0.4, 0.5) is 0 Å². The number of hydrogen-bond donors (Lipinski definition) is 3. The Kier molecular flexibility index (Phi) is 4.55. The van der Waals surface area contributed by atoms with E-state index in [1.165, 1.54) is 0 Å². The van der Waals surface area contributed by atoms with Crippen molar-refractivity contribution in [2.45, 2.75) is 52.1 Å². The first-order chi connectivity index (χ1) is 7.74. The third kappa shape index (κ3) is 4.64. The van der Waals surface area contributed by atoms with Crippen LogP contribution in [0.1, 0.15) is 46.5 Å². The minimum atomic E-state index is -0.797. The quantitative estimate of drug-likeness (QED) is 0.686. The summed E-state index contributed by atoms with van der Waals surface area (Å²) in [6.45, 7) is 7.05. The van der Waals surface area contributed by atoms with Gasteiger partial charge >= 0.3 is 5.97 Å². The molecule has 17 heavy (non-hydrogen) atoms. The number of carboxylic acids is 1. The first kappa shape index (κ1) is 14.5. The van der Waals surface area contributed by atoms with Crippen molar-refractivity contribution < 1.29 is 15.0 Å². The molecule has 3 N–H and O–H groups in total.